The molecule has 0 amide bonds. The van der Waals surface area contributed by atoms with Crippen molar-refractivity contribution in [2.75, 3.05) is 0 Å². The lowest BCUT2D eigenvalue weighted by Gasteiger charge is -2.16. The molecule has 0 bridgehead atoms. The Morgan fingerprint density at radius 2 is 1.39 bits per heavy atom. The molecule has 0 saturated heterocycles. The van der Waals surface area contributed by atoms with Crippen LogP contribution in [-0.2, 0) is 11.3 Å². The van der Waals surface area contributed by atoms with Gasteiger partial charge in [0.05, 0.1) is 6.20 Å². The Labute approximate surface area is 194 Å². The summed E-state index contributed by atoms with van der Waals surface area (Å²) in [5, 5.41) is 14.1. The number of hydrogen-bond acceptors (Lipinski definition) is 3. The van der Waals surface area contributed by atoms with Crippen molar-refractivity contribution in [2.45, 2.75) is 37.8 Å². The monoisotopic (exact) mass is 440 g/mol. The van der Waals surface area contributed by atoms with E-state index in [1.807, 2.05) is 41.2 Å². The predicted octanol–water partition coefficient (Wildman–Crippen LogP) is 5.77. The second kappa shape index (κ2) is 11.1. The number of ether oxygens (including phenoxy) is 1. The van der Waals surface area contributed by atoms with Crippen LogP contribution < -0.4 is 4.74 Å². The Bertz CT molecular complexity index is 1090. The maximum absolute atomic E-state index is 11.6. The summed E-state index contributed by atoms with van der Waals surface area (Å²) in [6.07, 6.45) is 5.20. The molecule has 168 valence electrons. The summed E-state index contributed by atoms with van der Waals surface area (Å²) in [4.78, 5) is 11.6. The molecule has 4 rings (SSSR count). The van der Waals surface area contributed by atoms with Crippen LogP contribution in [0.3, 0.4) is 0 Å². The van der Waals surface area contributed by atoms with Crippen LogP contribution in [0.4, 0.5) is 0 Å². The van der Waals surface area contributed by atoms with Gasteiger partial charge in [-0.15, -0.1) is 0 Å². The lowest BCUT2D eigenvalue weighted by molar-refractivity contribution is -0.145. The number of unbranched alkanes of at least 4 members (excludes halogenated alkanes) is 1. The molecule has 33 heavy (non-hydrogen) atoms. The average molecular weight is 441 g/mol. The molecule has 0 spiro atoms. The minimum absolute atomic E-state index is 0.122. The van der Waals surface area contributed by atoms with Crippen molar-refractivity contribution in [3.8, 4) is 5.75 Å². The molecule has 5 heteroatoms. The zero-order valence-corrected chi connectivity index (χ0v) is 18.5. The van der Waals surface area contributed by atoms with Crippen LogP contribution in [0.2, 0.25) is 0 Å². The lowest BCUT2D eigenvalue weighted by Crippen LogP contribution is -2.27. The molecule has 0 aliphatic heterocycles. The summed E-state index contributed by atoms with van der Waals surface area (Å²) < 4.78 is 7.59. The first kappa shape index (κ1) is 22.3. The molecule has 1 aromatic heterocycles. The standard InChI is InChI=1S/C28H28N2O3/c31-28(32)26(33-25-16-8-3-9-17-25)18-10-11-19-30-21-24(20-29-30)27(22-12-4-1-5-13-22)23-14-6-2-7-15-23/h1-9,12-17,20-21,26-27H,10-11,18-19H2,(H,31,32). The number of carboxylic acid groups (broad SMARTS) is 1. The number of carbonyl (C=O) groups is 1. The van der Waals surface area contributed by atoms with E-state index in [1.165, 1.54) is 11.1 Å². The summed E-state index contributed by atoms with van der Waals surface area (Å²) in [5.41, 5.74) is 3.60. The van der Waals surface area contributed by atoms with Crippen LogP contribution in [0.25, 0.3) is 0 Å². The highest BCUT2D eigenvalue weighted by atomic mass is 16.5. The number of hydrogen-bond donors (Lipinski definition) is 1. The van der Waals surface area contributed by atoms with E-state index in [0.717, 1.165) is 24.9 Å². The van der Waals surface area contributed by atoms with Gasteiger partial charge in [-0.05, 0) is 42.5 Å². The number of benzene rings is 3. The Kier molecular flexibility index (Phi) is 7.54. The van der Waals surface area contributed by atoms with Gasteiger partial charge in [0.1, 0.15) is 5.75 Å². The quantitative estimate of drug-likeness (QED) is 0.301. The Hall–Kier alpha value is -3.86. The Balaban J connectivity index is 1.37. The number of aromatic nitrogens is 2. The molecule has 0 aliphatic rings. The summed E-state index contributed by atoms with van der Waals surface area (Å²) in [7, 11) is 0. The van der Waals surface area contributed by atoms with E-state index in [-0.39, 0.29) is 5.92 Å². The molecule has 1 atom stereocenters. The highest BCUT2D eigenvalue weighted by molar-refractivity contribution is 5.72. The molecule has 1 N–H and O–H groups in total. The highest BCUT2D eigenvalue weighted by Gasteiger charge is 2.20. The second-order valence-electron chi connectivity index (χ2n) is 8.04. The maximum atomic E-state index is 11.6. The van der Waals surface area contributed by atoms with Crippen LogP contribution in [0.15, 0.2) is 103 Å². The van der Waals surface area contributed by atoms with E-state index >= 15 is 0 Å². The van der Waals surface area contributed by atoms with Crippen LogP contribution in [0, 0.1) is 0 Å². The summed E-state index contributed by atoms with van der Waals surface area (Å²) >= 11 is 0. The van der Waals surface area contributed by atoms with Crippen molar-refractivity contribution in [1.82, 2.24) is 9.78 Å². The number of carboxylic acids is 1. The molecule has 5 nitrogen and oxygen atoms in total. The van der Waals surface area contributed by atoms with Crippen molar-refractivity contribution in [3.63, 3.8) is 0 Å². The van der Waals surface area contributed by atoms with E-state index in [0.29, 0.717) is 12.2 Å². The van der Waals surface area contributed by atoms with Gasteiger partial charge in [-0.25, -0.2) is 4.79 Å². The van der Waals surface area contributed by atoms with Gasteiger partial charge < -0.3 is 9.84 Å². The molecular formula is C28H28N2O3. The molecule has 1 heterocycles. The lowest BCUT2D eigenvalue weighted by atomic mass is 9.87. The molecule has 4 aromatic rings. The molecular weight excluding hydrogens is 412 g/mol. The summed E-state index contributed by atoms with van der Waals surface area (Å²) in [6.45, 7) is 0.730. The molecule has 0 saturated carbocycles. The zero-order chi connectivity index (χ0) is 22.9. The van der Waals surface area contributed by atoms with Crippen molar-refractivity contribution in [1.29, 1.82) is 0 Å². The fourth-order valence-electron chi connectivity index (χ4n) is 4.02. The maximum Gasteiger partial charge on any atom is 0.344 e. The summed E-state index contributed by atoms with van der Waals surface area (Å²) in [6, 6.07) is 30.0. The Morgan fingerprint density at radius 1 is 0.818 bits per heavy atom. The number of nitrogens with zero attached hydrogens (tertiary/aromatic N) is 2. The largest absolute Gasteiger partial charge is 0.479 e. The van der Waals surface area contributed by atoms with Gasteiger partial charge in [-0.3, -0.25) is 4.68 Å². The fourth-order valence-corrected chi connectivity index (χ4v) is 4.02. The first-order chi connectivity index (χ1) is 16.2. The normalized spacial score (nSPS) is 11.9. The van der Waals surface area contributed by atoms with E-state index in [9.17, 15) is 9.90 Å². The SMILES string of the molecule is O=C(O)C(CCCCn1cc(C(c2ccccc2)c2ccccc2)cn1)Oc1ccccc1. The molecule has 0 aliphatic carbocycles. The smallest absolute Gasteiger partial charge is 0.344 e. The first-order valence-electron chi connectivity index (χ1n) is 11.3. The van der Waals surface area contributed by atoms with E-state index in [1.54, 1.807) is 12.1 Å². The second-order valence-corrected chi connectivity index (χ2v) is 8.04. The zero-order valence-electron chi connectivity index (χ0n) is 18.5. The van der Waals surface area contributed by atoms with Gasteiger partial charge in [0.2, 0.25) is 0 Å². The van der Waals surface area contributed by atoms with E-state index in [2.05, 4.69) is 59.8 Å². The van der Waals surface area contributed by atoms with Crippen LogP contribution in [0.5, 0.6) is 5.75 Å². The average Bonchev–Trinajstić information content (AvgIpc) is 3.31. The predicted molar refractivity (Wildman–Crippen MR) is 128 cm³/mol. The van der Waals surface area contributed by atoms with Gasteiger partial charge in [0.25, 0.3) is 0 Å². The van der Waals surface area contributed by atoms with Crippen molar-refractivity contribution >= 4 is 5.97 Å². The third kappa shape index (κ3) is 6.10. The number of rotatable bonds is 11. The topological polar surface area (TPSA) is 64.3 Å². The Morgan fingerprint density at radius 3 is 1.97 bits per heavy atom. The van der Waals surface area contributed by atoms with Gasteiger partial charge in [-0.2, -0.15) is 5.10 Å². The minimum Gasteiger partial charge on any atom is -0.479 e. The third-order valence-corrected chi connectivity index (χ3v) is 5.65. The minimum atomic E-state index is -0.936. The number of aryl methyl sites for hydroxylation is 1. The molecule has 3 aromatic carbocycles. The van der Waals surface area contributed by atoms with Crippen LogP contribution >= 0.6 is 0 Å². The van der Waals surface area contributed by atoms with Crippen molar-refractivity contribution in [2.24, 2.45) is 0 Å². The van der Waals surface area contributed by atoms with E-state index in [4.69, 9.17) is 4.74 Å². The highest BCUT2D eigenvalue weighted by Crippen LogP contribution is 2.31. The van der Waals surface area contributed by atoms with Gasteiger partial charge in [0.15, 0.2) is 6.10 Å². The molecule has 1 unspecified atom stereocenters. The molecule has 0 radical (unpaired) electrons. The van der Waals surface area contributed by atoms with Crippen LogP contribution in [0.1, 0.15) is 41.9 Å². The van der Waals surface area contributed by atoms with Gasteiger partial charge >= 0.3 is 5.97 Å². The summed E-state index contributed by atoms with van der Waals surface area (Å²) in [5.74, 6) is -0.236. The van der Waals surface area contributed by atoms with Gasteiger partial charge in [0, 0.05) is 24.2 Å². The first-order valence-corrected chi connectivity index (χ1v) is 11.3. The van der Waals surface area contributed by atoms with E-state index < -0.39 is 12.1 Å². The van der Waals surface area contributed by atoms with Crippen molar-refractivity contribution < 1.29 is 14.6 Å². The number of aliphatic carboxylic acids is 1. The molecule has 0 fully saturated rings. The van der Waals surface area contributed by atoms with Crippen molar-refractivity contribution in [3.05, 3.63) is 120 Å². The fraction of sp³-hybridized carbons (Fsp3) is 0.214. The number of para-hydroxylation sites is 1. The van der Waals surface area contributed by atoms with Gasteiger partial charge in [-0.1, -0.05) is 78.9 Å². The van der Waals surface area contributed by atoms with Crippen LogP contribution in [-0.4, -0.2) is 27.0 Å². The third-order valence-electron chi connectivity index (χ3n) is 5.65.